The number of amides is 2. The van der Waals surface area contributed by atoms with E-state index in [0.29, 0.717) is 22.3 Å². The van der Waals surface area contributed by atoms with Crippen LogP contribution in [0.1, 0.15) is 36.6 Å². The average Bonchev–Trinajstić information content (AvgIpc) is 3.08. The van der Waals surface area contributed by atoms with Crippen LogP contribution in [0.4, 0.5) is 11.4 Å². The van der Waals surface area contributed by atoms with E-state index < -0.39 is 11.8 Å². The summed E-state index contributed by atoms with van der Waals surface area (Å²) in [6.45, 7) is 7.14. The highest BCUT2D eigenvalue weighted by atomic mass is 16.1. The van der Waals surface area contributed by atoms with Crippen molar-refractivity contribution in [2.45, 2.75) is 0 Å². The van der Waals surface area contributed by atoms with Crippen LogP contribution >= 0.6 is 0 Å². The average molecular weight is 589 g/mol. The van der Waals surface area contributed by atoms with Gasteiger partial charge in [-0.2, -0.15) is 0 Å². The van der Waals surface area contributed by atoms with Crippen LogP contribution in [0.25, 0.3) is 22.3 Å². The topological polar surface area (TPSA) is 134 Å². The smallest absolute Gasteiger partial charge is 0.249 e. The van der Waals surface area contributed by atoms with E-state index in [1.165, 1.54) is 0 Å². The van der Waals surface area contributed by atoms with E-state index in [4.69, 9.17) is 11.5 Å². The van der Waals surface area contributed by atoms with Gasteiger partial charge in [0.05, 0.1) is 0 Å². The van der Waals surface area contributed by atoms with Crippen molar-refractivity contribution in [1.29, 1.82) is 0 Å². The Hall–Kier alpha value is -4.99. The minimum absolute atomic E-state index is 0.127. The molecule has 6 rings (SSSR count). The summed E-state index contributed by atoms with van der Waals surface area (Å²) < 4.78 is 0. The van der Waals surface area contributed by atoms with E-state index in [1.54, 1.807) is 36.4 Å². The predicted octanol–water partition coefficient (Wildman–Crippen LogP) is 3.27. The Bertz CT molecular complexity index is 1560. The zero-order valence-corrected chi connectivity index (χ0v) is 24.5. The molecule has 4 aromatic carbocycles. The molecule has 2 aliphatic heterocycles. The van der Waals surface area contributed by atoms with Gasteiger partial charge in [0.15, 0.2) is 5.78 Å². The number of hydrogen-bond acceptors (Lipinski definition) is 7. The van der Waals surface area contributed by atoms with Crippen molar-refractivity contribution in [3.63, 3.8) is 0 Å². The Labute approximate surface area is 256 Å². The maximum Gasteiger partial charge on any atom is 0.249 e. The highest BCUT2D eigenvalue weighted by Crippen LogP contribution is 2.31. The molecule has 0 saturated carbocycles. The van der Waals surface area contributed by atoms with Gasteiger partial charge in [0.2, 0.25) is 11.8 Å². The van der Waals surface area contributed by atoms with Gasteiger partial charge >= 0.3 is 0 Å². The van der Waals surface area contributed by atoms with Gasteiger partial charge in [-0.1, -0.05) is 48.5 Å². The third kappa shape index (κ3) is 6.06. The van der Waals surface area contributed by atoms with Crippen LogP contribution in [-0.2, 0) is 0 Å². The SMILES string of the molecule is NC(=O)c1ccc(N2CCNCC2)cc1-c1ccc(C(=O)c2ccc(-c3cc(N4CCNCC4)ccc3C(N)=O)cc2)cc1. The molecule has 9 heteroatoms. The monoisotopic (exact) mass is 588 g/mol. The maximum atomic E-state index is 13.4. The molecule has 0 aromatic heterocycles. The number of hydrogen-bond donors (Lipinski definition) is 4. The first-order valence-electron chi connectivity index (χ1n) is 14.9. The van der Waals surface area contributed by atoms with Gasteiger partial charge < -0.3 is 31.9 Å². The summed E-state index contributed by atoms with van der Waals surface area (Å²) in [5.41, 5.74) is 18.5. The van der Waals surface area contributed by atoms with E-state index in [-0.39, 0.29) is 5.78 Å². The zero-order chi connectivity index (χ0) is 30.6. The van der Waals surface area contributed by atoms with Gasteiger partial charge in [-0.25, -0.2) is 0 Å². The van der Waals surface area contributed by atoms with Crippen molar-refractivity contribution in [1.82, 2.24) is 10.6 Å². The quantitative estimate of drug-likeness (QED) is 0.232. The van der Waals surface area contributed by atoms with Crippen LogP contribution in [0.5, 0.6) is 0 Å². The minimum atomic E-state index is -0.495. The molecular weight excluding hydrogens is 552 g/mol. The first kappa shape index (κ1) is 29.1. The fourth-order valence-electron chi connectivity index (χ4n) is 5.98. The molecule has 6 N–H and O–H groups in total. The Morgan fingerprint density at radius 1 is 0.523 bits per heavy atom. The molecule has 0 radical (unpaired) electrons. The molecule has 2 heterocycles. The molecule has 2 aliphatic rings. The molecule has 2 amide bonds. The lowest BCUT2D eigenvalue weighted by molar-refractivity contribution is 0.0992. The van der Waals surface area contributed by atoms with Crippen LogP contribution in [0.3, 0.4) is 0 Å². The summed E-state index contributed by atoms with van der Waals surface area (Å²) in [5.74, 6) is -1.12. The fraction of sp³-hybridized carbons (Fsp3) is 0.229. The normalized spacial score (nSPS) is 15.2. The summed E-state index contributed by atoms with van der Waals surface area (Å²) >= 11 is 0. The Morgan fingerprint density at radius 2 is 0.886 bits per heavy atom. The third-order valence-electron chi connectivity index (χ3n) is 8.42. The van der Waals surface area contributed by atoms with E-state index in [9.17, 15) is 14.4 Å². The van der Waals surface area contributed by atoms with Crippen LogP contribution < -0.4 is 31.9 Å². The molecule has 2 fully saturated rings. The first-order valence-corrected chi connectivity index (χ1v) is 14.9. The highest BCUT2D eigenvalue weighted by molar-refractivity contribution is 6.10. The number of carbonyl (C=O) groups excluding carboxylic acids is 3. The predicted molar refractivity (Wildman–Crippen MR) is 174 cm³/mol. The van der Waals surface area contributed by atoms with E-state index in [2.05, 4.69) is 20.4 Å². The summed E-state index contributed by atoms with van der Waals surface area (Å²) in [6.07, 6.45) is 0. The molecule has 2 saturated heterocycles. The zero-order valence-electron chi connectivity index (χ0n) is 24.5. The molecule has 0 atom stereocenters. The Balaban J connectivity index is 1.24. The molecule has 224 valence electrons. The van der Waals surface area contributed by atoms with Crippen molar-refractivity contribution in [2.75, 3.05) is 62.2 Å². The number of nitrogens with zero attached hydrogens (tertiary/aromatic N) is 2. The standard InChI is InChI=1S/C35H36N6O3/c36-34(43)29-11-9-27(40-17-13-38-14-18-40)21-31(29)23-1-5-25(6-2-23)33(42)26-7-3-24(4-8-26)32-22-28(10-12-30(32)35(37)44)41-19-15-39-16-20-41/h1-12,21-22,38-39H,13-20H2,(H2,36,43)(H2,37,44). The van der Waals surface area contributed by atoms with Crippen LogP contribution in [-0.4, -0.2) is 70.0 Å². The van der Waals surface area contributed by atoms with Crippen LogP contribution in [0.2, 0.25) is 0 Å². The molecule has 0 bridgehead atoms. The Kier molecular flexibility index (Phi) is 8.40. The second-order valence-corrected chi connectivity index (χ2v) is 11.1. The molecular formula is C35H36N6O3. The molecule has 0 unspecified atom stereocenters. The number of nitrogens with two attached hydrogens (primary N) is 2. The summed E-state index contributed by atoms with van der Waals surface area (Å²) in [7, 11) is 0. The van der Waals surface area contributed by atoms with Gasteiger partial charge in [-0.05, 0) is 58.7 Å². The number of ketones is 1. The van der Waals surface area contributed by atoms with E-state index in [1.807, 2.05) is 48.5 Å². The van der Waals surface area contributed by atoms with Crippen molar-refractivity contribution < 1.29 is 14.4 Å². The van der Waals surface area contributed by atoms with Crippen molar-refractivity contribution in [3.05, 3.63) is 107 Å². The van der Waals surface area contributed by atoms with Gasteiger partial charge in [-0.15, -0.1) is 0 Å². The maximum absolute atomic E-state index is 13.4. The molecule has 0 spiro atoms. The lowest BCUT2D eigenvalue weighted by atomic mass is 9.94. The van der Waals surface area contributed by atoms with Gasteiger partial charge in [0.25, 0.3) is 0 Å². The van der Waals surface area contributed by atoms with Crippen molar-refractivity contribution in [2.24, 2.45) is 11.5 Å². The van der Waals surface area contributed by atoms with E-state index in [0.717, 1.165) is 86.0 Å². The number of rotatable bonds is 8. The molecule has 4 aromatic rings. The van der Waals surface area contributed by atoms with Gasteiger partial charge in [0.1, 0.15) is 0 Å². The Morgan fingerprint density at radius 3 is 1.23 bits per heavy atom. The molecule has 44 heavy (non-hydrogen) atoms. The number of piperazine rings is 2. The number of primary amides is 2. The second kappa shape index (κ2) is 12.7. The number of anilines is 2. The summed E-state index contributed by atoms with van der Waals surface area (Å²) in [6, 6.07) is 25.9. The number of carbonyl (C=O) groups is 3. The lowest BCUT2D eigenvalue weighted by Crippen LogP contribution is -2.43. The van der Waals surface area contributed by atoms with Crippen molar-refractivity contribution in [3.8, 4) is 22.3 Å². The lowest BCUT2D eigenvalue weighted by Gasteiger charge is -2.30. The van der Waals surface area contributed by atoms with Crippen LogP contribution in [0, 0.1) is 0 Å². The van der Waals surface area contributed by atoms with Gasteiger partial charge in [0, 0.05) is 86.0 Å². The van der Waals surface area contributed by atoms with Gasteiger partial charge in [-0.3, -0.25) is 14.4 Å². The highest BCUT2D eigenvalue weighted by Gasteiger charge is 2.19. The van der Waals surface area contributed by atoms with E-state index >= 15 is 0 Å². The van der Waals surface area contributed by atoms with Crippen molar-refractivity contribution >= 4 is 29.0 Å². The minimum Gasteiger partial charge on any atom is -0.369 e. The number of nitrogens with one attached hydrogen (secondary N) is 2. The van der Waals surface area contributed by atoms with Crippen LogP contribution in [0.15, 0.2) is 84.9 Å². The largest absolute Gasteiger partial charge is 0.369 e. The molecule has 0 aliphatic carbocycles. The summed E-state index contributed by atoms with van der Waals surface area (Å²) in [5, 5.41) is 6.71. The number of benzene rings is 4. The summed E-state index contributed by atoms with van der Waals surface area (Å²) in [4.78, 5) is 42.5. The molecule has 9 nitrogen and oxygen atoms in total. The fourth-order valence-corrected chi connectivity index (χ4v) is 5.98. The first-order chi connectivity index (χ1) is 21.4. The third-order valence-corrected chi connectivity index (χ3v) is 8.42. The second-order valence-electron chi connectivity index (χ2n) is 11.1.